The van der Waals surface area contributed by atoms with Gasteiger partial charge in [-0.05, 0) is 37.1 Å². The zero-order valence-corrected chi connectivity index (χ0v) is 19.7. The number of carbonyl (C=O) groups excluding carboxylic acids is 4. The monoisotopic (exact) mass is 482 g/mol. The van der Waals surface area contributed by atoms with Crippen molar-refractivity contribution in [1.82, 2.24) is 20.1 Å². The van der Waals surface area contributed by atoms with Crippen LogP contribution in [0.1, 0.15) is 23.3 Å². The predicted molar refractivity (Wildman–Crippen MR) is 130 cm³/mol. The second kappa shape index (κ2) is 11.2. The van der Waals surface area contributed by atoms with E-state index in [1.807, 2.05) is 0 Å². The third-order valence-electron chi connectivity index (χ3n) is 5.75. The van der Waals surface area contributed by atoms with E-state index in [-0.39, 0.29) is 25.3 Å². The summed E-state index contributed by atoms with van der Waals surface area (Å²) in [5.74, 6) is -1.02. The summed E-state index contributed by atoms with van der Waals surface area (Å²) in [6, 6.07) is 7.39. The second-order valence-electron chi connectivity index (χ2n) is 8.23. The third-order valence-corrected chi connectivity index (χ3v) is 5.75. The SMILES string of the molecule is C=CCC(NC(=O)C1CC(NC(=O)Nc2cccc(OC)c2)CN1C(=O)c1cccn1C)C(N)=O. The Morgan fingerprint density at radius 1 is 1.26 bits per heavy atom. The van der Waals surface area contributed by atoms with Crippen molar-refractivity contribution >= 4 is 29.4 Å². The summed E-state index contributed by atoms with van der Waals surface area (Å²) >= 11 is 0. The Morgan fingerprint density at radius 3 is 2.66 bits per heavy atom. The first-order valence-electron chi connectivity index (χ1n) is 11.1. The summed E-state index contributed by atoms with van der Waals surface area (Å²) < 4.78 is 6.81. The van der Waals surface area contributed by atoms with Crippen LogP contribution in [0.2, 0.25) is 0 Å². The van der Waals surface area contributed by atoms with Crippen molar-refractivity contribution in [3.63, 3.8) is 0 Å². The second-order valence-corrected chi connectivity index (χ2v) is 8.23. The molecule has 11 nitrogen and oxygen atoms in total. The van der Waals surface area contributed by atoms with Crippen molar-refractivity contribution in [1.29, 1.82) is 0 Å². The molecular weight excluding hydrogens is 452 g/mol. The van der Waals surface area contributed by atoms with E-state index in [4.69, 9.17) is 10.5 Å². The highest BCUT2D eigenvalue weighted by Crippen LogP contribution is 2.22. The number of aromatic nitrogens is 1. The maximum Gasteiger partial charge on any atom is 0.319 e. The maximum atomic E-state index is 13.3. The van der Waals surface area contributed by atoms with Gasteiger partial charge in [0.2, 0.25) is 11.8 Å². The normalized spacial score (nSPS) is 17.8. The Balaban J connectivity index is 1.75. The fourth-order valence-electron chi connectivity index (χ4n) is 3.98. The zero-order chi connectivity index (χ0) is 25.5. The molecule has 1 aromatic heterocycles. The molecule has 1 aliphatic rings. The van der Waals surface area contributed by atoms with Gasteiger partial charge in [0, 0.05) is 31.5 Å². The van der Waals surface area contributed by atoms with Gasteiger partial charge in [-0.3, -0.25) is 14.4 Å². The molecule has 0 spiro atoms. The van der Waals surface area contributed by atoms with Gasteiger partial charge in [0.15, 0.2) is 0 Å². The highest BCUT2D eigenvalue weighted by atomic mass is 16.5. The van der Waals surface area contributed by atoms with Crippen LogP contribution in [0.5, 0.6) is 5.75 Å². The Hall–Kier alpha value is -4.28. The van der Waals surface area contributed by atoms with Gasteiger partial charge in [-0.2, -0.15) is 0 Å². The maximum absolute atomic E-state index is 13.3. The smallest absolute Gasteiger partial charge is 0.319 e. The highest BCUT2D eigenvalue weighted by molar-refractivity contribution is 5.98. The van der Waals surface area contributed by atoms with Gasteiger partial charge in [0.05, 0.1) is 13.2 Å². The van der Waals surface area contributed by atoms with E-state index in [1.54, 1.807) is 54.2 Å². The molecule has 3 atom stereocenters. The van der Waals surface area contributed by atoms with Crippen LogP contribution in [0.15, 0.2) is 55.3 Å². The van der Waals surface area contributed by atoms with Crippen LogP contribution in [-0.2, 0) is 16.6 Å². The summed E-state index contributed by atoms with van der Waals surface area (Å²) in [4.78, 5) is 52.1. The standard InChI is InChI=1S/C24H30N6O5/c1-4-7-18(21(25)31)28-22(32)20-13-16(14-30(20)23(33)19-10-6-11-29(19)2)27-24(34)26-15-8-5-9-17(12-15)35-3/h4-6,8-12,16,18,20H,1,7,13-14H2,2-3H3,(H2,25,31)(H,28,32)(H2,26,27,34). The van der Waals surface area contributed by atoms with Crippen LogP contribution in [0.4, 0.5) is 10.5 Å². The lowest BCUT2D eigenvalue weighted by molar-refractivity contribution is -0.129. The molecule has 1 fully saturated rings. The van der Waals surface area contributed by atoms with Crippen molar-refractivity contribution in [2.45, 2.75) is 31.0 Å². The van der Waals surface area contributed by atoms with Crippen molar-refractivity contribution < 1.29 is 23.9 Å². The minimum atomic E-state index is -0.949. The van der Waals surface area contributed by atoms with E-state index in [0.717, 1.165) is 0 Å². The molecule has 0 saturated carbocycles. The van der Waals surface area contributed by atoms with E-state index in [1.165, 1.54) is 18.1 Å². The molecular formula is C24H30N6O5. The fraction of sp³-hybridized carbons (Fsp3) is 0.333. The number of likely N-dealkylation sites (tertiary alicyclic amines) is 1. The molecule has 186 valence electrons. The lowest BCUT2D eigenvalue weighted by Gasteiger charge is -2.25. The minimum Gasteiger partial charge on any atom is -0.497 e. The predicted octanol–water partition coefficient (Wildman–Crippen LogP) is 0.985. The fourth-order valence-corrected chi connectivity index (χ4v) is 3.98. The van der Waals surface area contributed by atoms with Gasteiger partial charge < -0.3 is 35.9 Å². The average molecular weight is 483 g/mol. The van der Waals surface area contributed by atoms with E-state index in [9.17, 15) is 19.2 Å². The van der Waals surface area contributed by atoms with E-state index >= 15 is 0 Å². The quantitative estimate of drug-likeness (QED) is 0.394. The molecule has 2 heterocycles. The number of urea groups is 1. The highest BCUT2D eigenvalue weighted by Gasteiger charge is 2.41. The first-order valence-corrected chi connectivity index (χ1v) is 11.1. The Bertz CT molecular complexity index is 1110. The first-order chi connectivity index (χ1) is 16.7. The van der Waals surface area contributed by atoms with Crippen molar-refractivity contribution in [2.24, 2.45) is 12.8 Å². The number of ether oxygens (including phenoxy) is 1. The Morgan fingerprint density at radius 2 is 2.03 bits per heavy atom. The molecule has 3 unspecified atom stereocenters. The molecule has 11 heteroatoms. The molecule has 1 aromatic carbocycles. The Labute approximate surface area is 203 Å². The van der Waals surface area contributed by atoms with Gasteiger partial charge in [-0.15, -0.1) is 6.58 Å². The molecule has 0 aliphatic carbocycles. The van der Waals surface area contributed by atoms with Gasteiger partial charge in [0.1, 0.15) is 23.5 Å². The van der Waals surface area contributed by atoms with Crippen LogP contribution < -0.4 is 26.4 Å². The van der Waals surface area contributed by atoms with E-state index in [2.05, 4.69) is 22.5 Å². The largest absolute Gasteiger partial charge is 0.497 e. The first kappa shape index (κ1) is 25.3. The molecule has 0 bridgehead atoms. The number of hydrogen-bond donors (Lipinski definition) is 4. The number of amides is 5. The number of primary amides is 1. The topological polar surface area (TPSA) is 148 Å². The summed E-state index contributed by atoms with van der Waals surface area (Å²) in [6.07, 6.45) is 3.52. The number of carbonyl (C=O) groups is 4. The van der Waals surface area contributed by atoms with Gasteiger partial charge >= 0.3 is 6.03 Å². The molecule has 2 aromatic rings. The molecule has 5 N–H and O–H groups in total. The number of nitrogens with two attached hydrogens (primary N) is 1. The number of anilines is 1. The van der Waals surface area contributed by atoms with Crippen LogP contribution in [-0.4, -0.2) is 65.0 Å². The lowest BCUT2D eigenvalue weighted by atomic mass is 10.1. The molecule has 5 amide bonds. The molecule has 0 radical (unpaired) electrons. The summed E-state index contributed by atoms with van der Waals surface area (Å²) in [6.45, 7) is 3.68. The third kappa shape index (κ3) is 6.19. The number of methoxy groups -OCH3 is 1. The lowest BCUT2D eigenvalue weighted by Crippen LogP contribution is -2.52. The number of nitrogens with zero attached hydrogens (tertiary/aromatic N) is 2. The molecule has 1 saturated heterocycles. The Kier molecular flexibility index (Phi) is 8.13. The molecule has 35 heavy (non-hydrogen) atoms. The number of nitrogens with one attached hydrogen (secondary N) is 3. The van der Waals surface area contributed by atoms with Crippen molar-refractivity contribution in [3.05, 3.63) is 60.9 Å². The summed E-state index contributed by atoms with van der Waals surface area (Å²) in [5, 5.41) is 8.14. The van der Waals surface area contributed by atoms with Gasteiger partial charge in [-0.25, -0.2) is 4.79 Å². The average Bonchev–Trinajstić information content (AvgIpc) is 3.44. The van der Waals surface area contributed by atoms with Crippen molar-refractivity contribution in [2.75, 3.05) is 19.0 Å². The van der Waals surface area contributed by atoms with Crippen molar-refractivity contribution in [3.8, 4) is 5.75 Å². The van der Waals surface area contributed by atoms with Gasteiger partial charge in [-0.1, -0.05) is 12.1 Å². The number of rotatable bonds is 9. The number of hydrogen-bond acceptors (Lipinski definition) is 5. The van der Waals surface area contributed by atoms with Crippen LogP contribution >= 0.6 is 0 Å². The summed E-state index contributed by atoms with van der Waals surface area (Å²) in [7, 11) is 3.25. The zero-order valence-electron chi connectivity index (χ0n) is 19.7. The van der Waals surface area contributed by atoms with Crippen LogP contribution in [0.25, 0.3) is 0 Å². The minimum absolute atomic E-state index is 0.107. The van der Waals surface area contributed by atoms with E-state index < -0.39 is 36.0 Å². The van der Waals surface area contributed by atoms with E-state index in [0.29, 0.717) is 17.1 Å². The van der Waals surface area contributed by atoms with Gasteiger partial charge in [0.25, 0.3) is 5.91 Å². The van der Waals surface area contributed by atoms with Crippen LogP contribution in [0.3, 0.4) is 0 Å². The molecule has 3 rings (SSSR count). The summed E-state index contributed by atoms with van der Waals surface area (Å²) in [5.41, 5.74) is 6.31. The molecule has 1 aliphatic heterocycles. The number of aryl methyl sites for hydroxylation is 1. The number of benzene rings is 1. The van der Waals surface area contributed by atoms with Crippen LogP contribution in [0, 0.1) is 0 Å².